The molecule has 1 heterocycles. The maximum Gasteiger partial charge on any atom is 0.191 e. The van der Waals surface area contributed by atoms with E-state index in [4.69, 9.17) is 9.16 Å². The molecule has 1 saturated heterocycles. The van der Waals surface area contributed by atoms with E-state index in [1.165, 1.54) is 0 Å². The number of carbonyl (C=O) groups excluding carboxylic acids is 1. The number of carbonyl (C=O) groups is 1. The van der Waals surface area contributed by atoms with Crippen molar-refractivity contribution in [3.05, 3.63) is 0 Å². The van der Waals surface area contributed by atoms with Crippen molar-refractivity contribution in [2.75, 3.05) is 6.61 Å². The van der Waals surface area contributed by atoms with Crippen LogP contribution in [0.1, 0.15) is 60.3 Å². The second kappa shape index (κ2) is 7.38. The predicted octanol–water partition coefficient (Wildman–Crippen LogP) is 4.56. The molecule has 1 fully saturated rings. The van der Waals surface area contributed by atoms with Crippen LogP contribution in [0.25, 0.3) is 0 Å². The number of Topliss-reactive ketones (excluding diaryl/α,β-unsaturated/α-hetero) is 1. The molecule has 21 heavy (non-hydrogen) atoms. The molecule has 3 atom stereocenters. The zero-order valence-electron chi connectivity index (χ0n) is 15.0. The summed E-state index contributed by atoms with van der Waals surface area (Å²) in [6.07, 6.45) is 4.04. The molecule has 0 amide bonds. The molecule has 0 aliphatic carbocycles. The first-order valence-electron chi connectivity index (χ1n) is 8.32. The van der Waals surface area contributed by atoms with E-state index in [0.717, 1.165) is 25.9 Å². The zero-order chi connectivity index (χ0) is 16.3. The maximum atomic E-state index is 11.3. The molecule has 4 heteroatoms. The van der Waals surface area contributed by atoms with Gasteiger partial charge in [0.15, 0.2) is 8.32 Å². The minimum atomic E-state index is -1.66. The Kier molecular flexibility index (Phi) is 6.63. The van der Waals surface area contributed by atoms with E-state index >= 15 is 0 Å². The molecule has 124 valence electrons. The normalized spacial score (nSPS) is 27.7. The highest BCUT2D eigenvalue weighted by Gasteiger charge is 2.37. The van der Waals surface area contributed by atoms with Crippen LogP contribution in [-0.2, 0) is 14.0 Å². The molecule has 0 spiro atoms. The summed E-state index contributed by atoms with van der Waals surface area (Å²) in [7, 11) is -1.66. The lowest BCUT2D eigenvalue weighted by molar-refractivity contribution is -0.127. The molecule has 1 rings (SSSR count). The monoisotopic (exact) mass is 314 g/mol. The SMILES string of the molecule is CC(=O)C[C@H]1CC[C@H](C)[C@@H](CCO[Si](C)(C)C(C)(C)C)O1. The third kappa shape index (κ3) is 5.84. The minimum Gasteiger partial charge on any atom is -0.417 e. The van der Waals surface area contributed by atoms with Crippen LogP contribution < -0.4 is 0 Å². The summed E-state index contributed by atoms with van der Waals surface area (Å²) < 4.78 is 12.4. The van der Waals surface area contributed by atoms with Gasteiger partial charge in [0.05, 0.1) is 12.2 Å². The number of hydrogen-bond acceptors (Lipinski definition) is 3. The second-order valence-corrected chi connectivity index (χ2v) is 13.0. The van der Waals surface area contributed by atoms with Crippen LogP contribution in [0, 0.1) is 5.92 Å². The summed E-state index contributed by atoms with van der Waals surface area (Å²) >= 11 is 0. The standard InChI is InChI=1S/C17H34O3Si/c1-13-8-9-15(12-14(2)18)20-16(13)10-11-19-21(6,7)17(3,4)5/h13,15-16H,8-12H2,1-7H3/t13-,15+,16+/m0/s1. The summed E-state index contributed by atoms with van der Waals surface area (Å²) in [5.74, 6) is 0.794. The Labute approximate surface area is 131 Å². The summed E-state index contributed by atoms with van der Waals surface area (Å²) in [5, 5.41) is 0.253. The highest BCUT2D eigenvalue weighted by atomic mass is 28.4. The summed E-state index contributed by atoms with van der Waals surface area (Å²) in [4.78, 5) is 11.3. The Balaban J connectivity index is 2.44. The fraction of sp³-hybridized carbons (Fsp3) is 0.941. The van der Waals surface area contributed by atoms with Crippen LogP contribution in [0.5, 0.6) is 0 Å². The fourth-order valence-electron chi connectivity index (χ4n) is 2.55. The smallest absolute Gasteiger partial charge is 0.191 e. The van der Waals surface area contributed by atoms with E-state index in [1.807, 2.05) is 0 Å². The van der Waals surface area contributed by atoms with Crippen molar-refractivity contribution in [1.82, 2.24) is 0 Å². The molecule has 0 saturated carbocycles. The number of ketones is 1. The average molecular weight is 315 g/mol. The van der Waals surface area contributed by atoms with Crippen molar-refractivity contribution >= 4 is 14.1 Å². The molecule has 0 radical (unpaired) electrons. The lowest BCUT2D eigenvalue weighted by Gasteiger charge is -2.38. The van der Waals surface area contributed by atoms with Gasteiger partial charge in [0.2, 0.25) is 0 Å². The second-order valence-electron chi connectivity index (χ2n) is 8.15. The lowest BCUT2D eigenvalue weighted by Crippen LogP contribution is -2.42. The average Bonchev–Trinajstić information content (AvgIpc) is 2.30. The Bertz CT molecular complexity index is 346. The predicted molar refractivity (Wildman–Crippen MR) is 90.1 cm³/mol. The van der Waals surface area contributed by atoms with Crippen molar-refractivity contribution < 1.29 is 14.0 Å². The molecule has 0 N–H and O–H groups in total. The van der Waals surface area contributed by atoms with Crippen molar-refractivity contribution in [3.63, 3.8) is 0 Å². The van der Waals surface area contributed by atoms with E-state index in [0.29, 0.717) is 12.3 Å². The molecule has 0 bridgehead atoms. The quantitative estimate of drug-likeness (QED) is 0.674. The zero-order valence-corrected chi connectivity index (χ0v) is 16.0. The van der Waals surface area contributed by atoms with Gasteiger partial charge in [0, 0.05) is 13.0 Å². The van der Waals surface area contributed by atoms with Gasteiger partial charge in [-0.25, -0.2) is 0 Å². The largest absolute Gasteiger partial charge is 0.417 e. The summed E-state index contributed by atoms with van der Waals surface area (Å²) in [6, 6.07) is 0. The van der Waals surface area contributed by atoms with Crippen LogP contribution in [0.15, 0.2) is 0 Å². The molecule has 0 aromatic rings. The number of hydrogen-bond donors (Lipinski definition) is 0. The molecule has 1 aliphatic heterocycles. The Morgan fingerprint density at radius 1 is 1.29 bits per heavy atom. The van der Waals surface area contributed by atoms with Gasteiger partial charge in [0.25, 0.3) is 0 Å². The van der Waals surface area contributed by atoms with Crippen molar-refractivity contribution in [2.24, 2.45) is 5.92 Å². The molecule has 1 aliphatic rings. The fourth-order valence-corrected chi connectivity index (χ4v) is 3.62. The Hall–Kier alpha value is -0.193. The Morgan fingerprint density at radius 2 is 1.90 bits per heavy atom. The molecule has 0 aromatic heterocycles. The molecular formula is C17H34O3Si. The van der Waals surface area contributed by atoms with Crippen LogP contribution in [0.2, 0.25) is 18.1 Å². The molecule has 0 unspecified atom stereocenters. The van der Waals surface area contributed by atoms with Gasteiger partial charge in [0.1, 0.15) is 5.78 Å². The van der Waals surface area contributed by atoms with Gasteiger partial charge in [-0.1, -0.05) is 27.7 Å². The van der Waals surface area contributed by atoms with E-state index in [2.05, 4.69) is 40.8 Å². The first-order valence-corrected chi connectivity index (χ1v) is 11.2. The topological polar surface area (TPSA) is 35.5 Å². The summed E-state index contributed by atoms with van der Waals surface area (Å²) in [5.41, 5.74) is 0. The Morgan fingerprint density at radius 3 is 2.43 bits per heavy atom. The van der Waals surface area contributed by atoms with Gasteiger partial charge in [-0.15, -0.1) is 0 Å². The third-order valence-electron chi connectivity index (χ3n) is 5.13. The van der Waals surface area contributed by atoms with Gasteiger partial charge in [-0.2, -0.15) is 0 Å². The van der Waals surface area contributed by atoms with Crippen LogP contribution in [0.3, 0.4) is 0 Å². The van der Waals surface area contributed by atoms with Gasteiger partial charge < -0.3 is 9.16 Å². The van der Waals surface area contributed by atoms with Crippen molar-refractivity contribution in [2.45, 2.75) is 90.6 Å². The molecular weight excluding hydrogens is 280 g/mol. The molecule has 0 aromatic carbocycles. The number of rotatable bonds is 6. The van der Waals surface area contributed by atoms with Crippen molar-refractivity contribution in [3.8, 4) is 0 Å². The van der Waals surface area contributed by atoms with E-state index in [1.54, 1.807) is 6.92 Å². The van der Waals surface area contributed by atoms with E-state index < -0.39 is 8.32 Å². The van der Waals surface area contributed by atoms with Crippen molar-refractivity contribution in [1.29, 1.82) is 0 Å². The summed E-state index contributed by atoms with van der Waals surface area (Å²) in [6.45, 7) is 16.1. The highest BCUT2D eigenvalue weighted by Crippen LogP contribution is 2.37. The van der Waals surface area contributed by atoms with E-state index in [-0.39, 0.29) is 23.0 Å². The van der Waals surface area contributed by atoms with Gasteiger partial charge in [-0.05, 0) is 50.2 Å². The minimum absolute atomic E-state index is 0.122. The van der Waals surface area contributed by atoms with Crippen LogP contribution >= 0.6 is 0 Å². The maximum absolute atomic E-state index is 11.3. The van der Waals surface area contributed by atoms with E-state index in [9.17, 15) is 4.79 Å². The lowest BCUT2D eigenvalue weighted by atomic mass is 9.90. The van der Waals surface area contributed by atoms with Gasteiger partial charge >= 0.3 is 0 Å². The highest BCUT2D eigenvalue weighted by molar-refractivity contribution is 6.74. The first-order chi connectivity index (χ1) is 9.53. The number of ether oxygens (including phenoxy) is 1. The molecule has 3 nitrogen and oxygen atoms in total. The van der Waals surface area contributed by atoms with Crippen LogP contribution in [-0.4, -0.2) is 32.9 Å². The van der Waals surface area contributed by atoms with Gasteiger partial charge in [-0.3, -0.25) is 4.79 Å². The van der Waals surface area contributed by atoms with Crippen LogP contribution in [0.4, 0.5) is 0 Å². The third-order valence-corrected chi connectivity index (χ3v) is 9.67. The first kappa shape index (κ1) is 18.9.